The van der Waals surface area contributed by atoms with Crippen molar-refractivity contribution in [3.63, 3.8) is 0 Å². The van der Waals surface area contributed by atoms with Crippen molar-refractivity contribution in [3.8, 4) is 0 Å². The maximum atomic E-state index is 13.2. The number of ether oxygens (including phenoxy) is 6. The van der Waals surface area contributed by atoms with Crippen LogP contribution < -0.4 is 0 Å². The number of aldehydes is 1. The zero-order valence-electron chi connectivity index (χ0n) is 29.0. The molecule has 6 fully saturated rings. The first-order valence-electron chi connectivity index (χ1n) is 18.4. The molecule has 14 nitrogen and oxygen atoms in total. The largest absolute Gasteiger partial charge is 0.458 e. The van der Waals surface area contributed by atoms with Gasteiger partial charge in [0.05, 0.1) is 24.4 Å². The van der Waals surface area contributed by atoms with Crippen LogP contribution in [0, 0.1) is 34.5 Å². The second kappa shape index (κ2) is 13.7. The van der Waals surface area contributed by atoms with Gasteiger partial charge in [0.1, 0.15) is 55.6 Å². The summed E-state index contributed by atoms with van der Waals surface area (Å²) in [5, 5.41) is 64.3. The average Bonchev–Trinajstić information content (AvgIpc) is 3.65. The molecule has 0 unspecified atom stereocenters. The van der Waals surface area contributed by atoms with Gasteiger partial charge in [0.25, 0.3) is 0 Å². The van der Waals surface area contributed by atoms with Crippen LogP contribution in [0.25, 0.3) is 0 Å². The number of aliphatic hydroxyl groups excluding tert-OH is 5. The van der Waals surface area contributed by atoms with Crippen molar-refractivity contribution in [2.24, 2.45) is 34.5 Å². The van der Waals surface area contributed by atoms with E-state index in [1.54, 1.807) is 13.0 Å². The van der Waals surface area contributed by atoms with Crippen LogP contribution in [-0.2, 0) is 38.0 Å². The molecule has 3 heterocycles. The first-order chi connectivity index (χ1) is 23.8. The van der Waals surface area contributed by atoms with Gasteiger partial charge in [0.2, 0.25) is 0 Å². The highest BCUT2D eigenvalue weighted by molar-refractivity contribution is 5.85. The van der Waals surface area contributed by atoms with E-state index in [2.05, 4.69) is 6.92 Å². The fourth-order valence-corrected chi connectivity index (χ4v) is 11.5. The van der Waals surface area contributed by atoms with Crippen LogP contribution in [0.3, 0.4) is 0 Å². The molecule has 0 aromatic carbocycles. The monoisotopic (exact) mass is 710 g/mol. The smallest absolute Gasteiger partial charge is 0.331 e. The summed E-state index contributed by atoms with van der Waals surface area (Å²) in [5.74, 6) is -0.159. The second-order valence-corrected chi connectivity index (χ2v) is 16.2. The lowest BCUT2D eigenvalue weighted by atomic mass is 9.43. The highest BCUT2D eigenvalue weighted by Gasteiger charge is 2.69. The minimum absolute atomic E-state index is 0.0174. The van der Waals surface area contributed by atoms with Gasteiger partial charge in [-0.15, -0.1) is 0 Å². The van der Waals surface area contributed by atoms with E-state index in [9.17, 15) is 40.2 Å². The van der Waals surface area contributed by atoms with Gasteiger partial charge in [0.15, 0.2) is 12.6 Å². The molecule has 0 spiro atoms. The molecule has 0 radical (unpaired) electrons. The van der Waals surface area contributed by atoms with Gasteiger partial charge in [-0.1, -0.05) is 6.92 Å². The second-order valence-electron chi connectivity index (χ2n) is 16.2. The summed E-state index contributed by atoms with van der Waals surface area (Å²) < 4.78 is 34.9. The Balaban J connectivity index is 1.01. The molecule has 2 saturated heterocycles. The molecule has 50 heavy (non-hydrogen) atoms. The van der Waals surface area contributed by atoms with Crippen molar-refractivity contribution < 1.29 is 68.6 Å². The Morgan fingerprint density at radius 1 is 0.900 bits per heavy atom. The lowest BCUT2D eigenvalue weighted by Gasteiger charge is -2.63. The van der Waals surface area contributed by atoms with Gasteiger partial charge in [-0.25, -0.2) is 4.79 Å². The summed E-state index contributed by atoms with van der Waals surface area (Å²) in [7, 11) is 1.40. The first kappa shape index (κ1) is 36.8. The highest BCUT2D eigenvalue weighted by atomic mass is 16.7. The Labute approximate surface area is 292 Å². The number of esters is 1. The molecule has 3 aliphatic heterocycles. The van der Waals surface area contributed by atoms with Crippen molar-refractivity contribution in [3.05, 3.63) is 11.6 Å². The molecule has 14 heteroatoms. The van der Waals surface area contributed by atoms with Gasteiger partial charge in [-0.2, -0.15) is 0 Å². The predicted octanol–water partition coefficient (Wildman–Crippen LogP) is 0.113. The maximum absolute atomic E-state index is 13.2. The Morgan fingerprint density at radius 3 is 2.34 bits per heavy atom. The Kier molecular flexibility index (Phi) is 10.1. The van der Waals surface area contributed by atoms with E-state index < -0.39 is 84.4 Å². The maximum Gasteiger partial charge on any atom is 0.331 e. The first-order valence-corrected chi connectivity index (χ1v) is 18.4. The number of fused-ring (bicyclic) bond motifs is 5. The van der Waals surface area contributed by atoms with Crippen LogP contribution in [-0.4, -0.2) is 136 Å². The minimum atomic E-state index is -1.63. The number of hydrogen-bond acceptors (Lipinski definition) is 14. The molecule has 18 atom stereocenters. The van der Waals surface area contributed by atoms with Gasteiger partial charge < -0.3 is 63.9 Å². The van der Waals surface area contributed by atoms with Crippen LogP contribution in [0.2, 0.25) is 0 Å². The molecule has 4 aliphatic carbocycles. The molecule has 4 saturated carbocycles. The summed E-state index contributed by atoms with van der Waals surface area (Å²) in [4.78, 5) is 25.1. The van der Waals surface area contributed by atoms with E-state index in [4.69, 9.17) is 28.4 Å². The van der Waals surface area contributed by atoms with E-state index in [0.717, 1.165) is 44.0 Å². The molecular weight excluding hydrogens is 656 g/mol. The van der Waals surface area contributed by atoms with Gasteiger partial charge >= 0.3 is 5.97 Å². The van der Waals surface area contributed by atoms with E-state index >= 15 is 0 Å². The van der Waals surface area contributed by atoms with Crippen molar-refractivity contribution in [1.82, 2.24) is 0 Å². The lowest BCUT2D eigenvalue weighted by molar-refractivity contribution is -0.362. The zero-order valence-corrected chi connectivity index (χ0v) is 29.0. The number of carbonyl (C=O) groups excluding carboxylic acids is 2. The number of aliphatic hydroxyl groups is 6. The van der Waals surface area contributed by atoms with Crippen LogP contribution in [0.4, 0.5) is 0 Å². The van der Waals surface area contributed by atoms with E-state index in [0.29, 0.717) is 32.3 Å². The van der Waals surface area contributed by atoms with Crippen molar-refractivity contribution >= 4 is 12.3 Å². The third-order valence-corrected chi connectivity index (χ3v) is 14.2. The van der Waals surface area contributed by atoms with E-state index in [-0.39, 0.29) is 35.7 Å². The fraction of sp³-hybridized carbons (Fsp3) is 0.889. The van der Waals surface area contributed by atoms with Crippen LogP contribution in [0.5, 0.6) is 0 Å². The molecule has 0 aromatic rings. The molecule has 0 amide bonds. The summed E-state index contributed by atoms with van der Waals surface area (Å²) in [6.07, 6.45) is -3.53. The SMILES string of the molecule is CO[C@@H]1[C@H](O)[C@H](O[C@@H]2CC[C@]3(C=O)[C@H](CC[C@@H]4[C@@H]3CC[C@@]3(C)[C@@H](C5=CC(=O)OC5)CC[C@]43O)C2)O[C@@H](C)[C@H]1O[C@H]1O[C@@H](CO)[C@@H](O)[C@@H](O)[C@H]1O. The lowest BCUT2D eigenvalue weighted by Crippen LogP contribution is -2.65. The average molecular weight is 711 g/mol. The third kappa shape index (κ3) is 5.64. The molecular formula is C36H54O14. The predicted molar refractivity (Wildman–Crippen MR) is 171 cm³/mol. The third-order valence-electron chi connectivity index (χ3n) is 14.2. The quantitative estimate of drug-likeness (QED) is 0.112. The number of cyclic esters (lactones) is 1. The Morgan fingerprint density at radius 2 is 1.66 bits per heavy atom. The molecule has 0 aromatic heterocycles. The van der Waals surface area contributed by atoms with Gasteiger partial charge in [-0.05, 0) is 94.0 Å². The Bertz CT molecular complexity index is 1310. The van der Waals surface area contributed by atoms with Crippen molar-refractivity contribution in [1.29, 1.82) is 0 Å². The van der Waals surface area contributed by atoms with Crippen LogP contribution >= 0.6 is 0 Å². The molecule has 6 N–H and O–H groups in total. The van der Waals surface area contributed by atoms with Gasteiger partial charge in [-0.3, -0.25) is 0 Å². The van der Waals surface area contributed by atoms with Crippen molar-refractivity contribution in [2.75, 3.05) is 20.3 Å². The molecule has 7 aliphatic rings. The number of rotatable bonds is 8. The number of hydrogen-bond donors (Lipinski definition) is 6. The van der Waals surface area contributed by atoms with Crippen LogP contribution in [0.1, 0.15) is 71.6 Å². The zero-order chi connectivity index (χ0) is 35.7. The van der Waals surface area contributed by atoms with Crippen LogP contribution in [0.15, 0.2) is 11.6 Å². The summed E-state index contributed by atoms with van der Waals surface area (Å²) in [6.45, 7) is 3.55. The minimum Gasteiger partial charge on any atom is -0.458 e. The highest BCUT2D eigenvalue weighted by Crippen LogP contribution is 2.69. The Hall–Kier alpha value is -1.56. The van der Waals surface area contributed by atoms with E-state index in [1.807, 2.05) is 0 Å². The van der Waals surface area contributed by atoms with Gasteiger partial charge in [0, 0.05) is 24.0 Å². The molecule has 282 valence electrons. The standard InChI is InChI=1S/C36H54O14/c1-17-30(50-32-28(42)27(41)26(40)24(14-37)49-32)31(45-3)29(43)33(47-17)48-20-6-10-35(16-38)19(13-20)4-5-23-22(35)7-9-34(2)21(8-11-36(23,34)44)18-12-25(39)46-15-18/h12,16-17,19-24,26-33,37,40-44H,4-11,13-15H2,1-3H3/t17-,19+,20+,21+,22-,23+,24-,26+,27+,28+,29-,30+,31+,32+,33-,34-,35-,36-/m0/s1. The topological polar surface area (TPSA) is 211 Å². The van der Waals surface area contributed by atoms with Crippen molar-refractivity contribution in [2.45, 2.75) is 145 Å². The van der Waals surface area contributed by atoms with E-state index in [1.165, 1.54) is 7.11 Å². The number of carbonyl (C=O) groups is 2. The number of methoxy groups -OCH3 is 1. The molecule has 0 bridgehead atoms. The summed E-state index contributed by atoms with van der Waals surface area (Å²) >= 11 is 0. The summed E-state index contributed by atoms with van der Waals surface area (Å²) in [6, 6.07) is 0. The molecule has 7 rings (SSSR count). The fourth-order valence-electron chi connectivity index (χ4n) is 11.5. The normalized spacial score (nSPS) is 53.5. The summed E-state index contributed by atoms with van der Waals surface area (Å²) in [5.41, 5.74) is -0.922.